The summed E-state index contributed by atoms with van der Waals surface area (Å²) in [6.45, 7) is 0.354. The lowest BCUT2D eigenvalue weighted by Crippen LogP contribution is -2.41. The lowest BCUT2D eigenvalue weighted by Gasteiger charge is -2.27. The molecule has 2 aromatic rings. The van der Waals surface area contributed by atoms with Gasteiger partial charge in [-0.3, -0.25) is 9.78 Å². The van der Waals surface area contributed by atoms with Crippen LogP contribution in [0.2, 0.25) is 0 Å². The molecule has 28 heavy (non-hydrogen) atoms. The maximum Gasteiger partial charge on any atom is 0.230 e. The number of nitrogens with zero attached hydrogens (tertiary/aromatic N) is 3. The van der Waals surface area contributed by atoms with E-state index in [0.717, 1.165) is 16.3 Å². The van der Waals surface area contributed by atoms with Gasteiger partial charge in [-0.05, 0) is 36.6 Å². The predicted molar refractivity (Wildman–Crippen MR) is 109 cm³/mol. The van der Waals surface area contributed by atoms with E-state index < -0.39 is 15.9 Å². The van der Waals surface area contributed by atoms with E-state index in [1.807, 2.05) is 12.1 Å². The Kier molecular flexibility index (Phi) is 5.59. The summed E-state index contributed by atoms with van der Waals surface area (Å²) in [7, 11) is -3.25. The van der Waals surface area contributed by atoms with Crippen LogP contribution in [0.3, 0.4) is 0 Å². The topological polar surface area (TPSA) is 80.2 Å². The van der Waals surface area contributed by atoms with Crippen LogP contribution in [-0.4, -0.2) is 41.0 Å². The molecule has 3 heterocycles. The average Bonchev–Trinajstić information content (AvgIpc) is 3.41. The van der Waals surface area contributed by atoms with E-state index in [2.05, 4.69) is 10.4 Å². The van der Waals surface area contributed by atoms with Crippen LogP contribution in [0, 0.1) is 0 Å². The average molecular weight is 418 g/mol. The molecular weight excluding hydrogens is 394 g/mol. The largest absolute Gasteiger partial charge is 0.330 e. The van der Waals surface area contributed by atoms with Crippen molar-refractivity contribution >= 4 is 27.1 Å². The van der Waals surface area contributed by atoms with Crippen molar-refractivity contribution in [3.8, 4) is 0 Å². The van der Waals surface area contributed by atoms with Gasteiger partial charge in [-0.15, -0.1) is 11.3 Å². The predicted octanol–water partition coefficient (Wildman–Crippen LogP) is 3.08. The second-order valence-corrected chi connectivity index (χ2v) is 10.3. The fraction of sp³-hybridized carbons (Fsp3) is 0.450. The van der Waals surface area contributed by atoms with Crippen molar-refractivity contribution in [2.24, 2.45) is 0 Å². The fourth-order valence-electron chi connectivity index (χ4n) is 3.87. The van der Waals surface area contributed by atoms with E-state index in [9.17, 15) is 13.2 Å². The Morgan fingerprint density at radius 1 is 1.21 bits per heavy atom. The third-order valence-corrected chi connectivity index (χ3v) is 7.62. The van der Waals surface area contributed by atoms with Crippen LogP contribution in [-0.2, 0) is 27.6 Å². The number of hydrogen-bond donors (Lipinski definition) is 0. The number of pyridine rings is 1. The molecule has 6 nitrogen and oxygen atoms in total. The zero-order valence-corrected chi connectivity index (χ0v) is 17.2. The molecule has 1 aliphatic carbocycles. The van der Waals surface area contributed by atoms with Crippen molar-refractivity contribution in [3.63, 3.8) is 0 Å². The molecule has 4 rings (SSSR count). The Hall–Kier alpha value is -2.06. The van der Waals surface area contributed by atoms with E-state index in [4.69, 9.17) is 4.98 Å². The quantitative estimate of drug-likeness (QED) is 0.722. The van der Waals surface area contributed by atoms with Crippen LogP contribution < -0.4 is 0 Å². The van der Waals surface area contributed by atoms with E-state index in [1.54, 1.807) is 23.4 Å². The van der Waals surface area contributed by atoms with Gasteiger partial charge in [-0.1, -0.05) is 12.8 Å². The van der Waals surface area contributed by atoms with E-state index in [-0.39, 0.29) is 18.1 Å². The van der Waals surface area contributed by atoms with Crippen LogP contribution >= 0.6 is 11.3 Å². The Morgan fingerprint density at radius 2 is 1.96 bits per heavy atom. The van der Waals surface area contributed by atoms with Gasteiger partial charge in [0.1, 0.15) is 5.01 Å². The molecule has 0 saturated heterocycles. The van der Waals surface area contributed by atoms with Gasteiger partial charge in [0.2, 0.25) is 5.91 Å². The van der Waals surface area contributed by atoms with Crippen LogP contribution in [0.25, 0.3) is 0 Å². The number of sulfone groups is 1. The molecule has 0 aromatic carbocycles. The molecule has 8 heteroatoms. The first-order valence-corrected chi connectivity index (χ1v) is 12.1. The standard InChI is InChI=1S/C20H23N3O3S2/c24-20(11-19-22-18(13-27-19)16-3-1-2-4-16)23(12-15-5-8-21-9-6-15)17-7-10-28(25,26)14-17/h5-10,13,16-17H,1-4,11-12,14H2. The molecule has 1 aliphatic heterocycles. The van der Waals surface area contributed by atoms with Crippen molar-refractivity contribution in [3.05, 3.63) is 57.7 Å². The lowest BCUT2D eigenvalue weighted by atomic mass is 10.1. The molecule has 1 saturated carbocycles. The van der Waals surface area contributed by atoms with Gasteiger partial charge in [0, 0.05) is 35.6 Å². The fourth-order valence-corrected chi connectivity index (χ4v) is 6.04. The molecule has 1 unspecified atom stereocenters. The van der Waals surface area contributed by atoms with Gasteiger partial charge in [0.25, 0.3) is 0 Å². The summed E-state index contributed by atoms with van der Waals surface area (Å²) in [4.78, 5) is 23.4. The third-order valence-electron chi connectivity index (χ3n) is 5.38. The third kappa shape index (κ3) is 4.50. The highest BCUT2D eigenvalue weighted by Crippen LogP contribution is 2.34. The maximum absolute atomic E-state index is 13.1. The Morgan fingerprint density at radius 3 is 2.64 bits per heavy atom. The highest BCUT2D eigenvalue weighted by molar-refractivity contribution is 7.94. The minimum Gasteiger partial charge on any atom is -0.330 e. The van der Waals surface area contributed by atoms with Crippen molar-refractivity contribution in [2.45, 2.75) is 50.6 Å². The monoisotopic (exact) mass is 417 g/mol. The highest BCUT2D eigenvalue weighted by Gasteiger charge is 2.31. The number of thiazole rings is 1. The van der Waals surface area contributed by atoms with E-state index in [1.165, 1.54) is 42.4 Å². The van der Waals surface area contributed by atoms with Gasteiger partial charge in [-0.2, -0.15) is 0 Å². The summed E-state index contributed by atoms with van der Waals surface area (Å²) in [5.74, 6) is 0.362. The van der Waals surface area contributed by atoms with Gasteiger partial charge in [0.15, 0.2) is 9.84 Å². The molecule has 1 amide bonds. The van der Waals surface area contributed by atoms with Gasteiger partial charge >= 0.3 is 0 Å². The summed E-state index contributed by atoms with van der Waals surface area (Å²) in [6, 6.07) is 3.24. The van der Waals surface area contributed by atoms with Crippen molar-refractivity contribution in [1.82, 2.24) is 14.9 Å². The first-order valence-electron chi connectivity index (χ1n) is 9.54. The van der Waals surface area contributed by atoms with Crippen LogP contribution in [0.15, 0.2) is 41.4 Å². The number of hydrogen-bond acceptors (Lipinski definition) is 6. The van der Waals surface area contributed by atoms with Gasteiger partial charge < -0.3 is 4.90 Å². The van der Waals surface area contributed by atoms with Crippen molar-refractivity contribution in [2.75, 3.05) is 5.75 Å². The Labute approximate surface area is 169 Å². The normalized spacial score (nSPS) is 21.2. The first kappa shape index (κ1) is 19.3. The summed E-state index contributed by atoms with van der Waals surface area (Å²) >= 11 is 1.53. The second kappa shape index (κ2) is 8.13. The van der Waals surface area contributed by atoms with Gasteiger partial charge in [0.05, 0.1) is 23.9 Å². The number of aromatic nitrogens is 2. The Bertz CT molecular complexity index is 964. The molecule has 1 atom stereocenters. The molecule has 2 aliphatic rings. The van der Waals surface area contributed by atoms with Crippen molar-refractivity contribution in [1.29, 1.82) is 0 Å². The highest BCUT2D eigenvalue weighted by atomic mass is 32.2. The van der Waals surface area contributed by atoms with Gasteiger partial charge in [-0.25, -0.2) is 13.4 Å². The summed E-state index contributed by atoms with van der Waals surface area (Å²) in [5.41, 5.74) is 2.03. The molecule has 0 bridgehead atoms. The molecular formula is C20H23N3O3S2. The summed E-state index contributed by atoms with van der Waals surface area (Å²) in [6.07, 6.45) is 10.0. The molecule has 1 fully saturated rings. The minimum absolute atomic E-state index is 0.0605. The first-order chi connectivity index (χ1) is 13.5. The SMILES string of the molecule is O=C(Cc1nc(C2CCCC2)cs1)N(Cc1ccncc1)C1C=CS(=O)(=O)C1. The molecule has 0 spiro atoms. The number of carbonyl (C=O) groups excluding carboxylic acids is 1. The number of rotatable bonds is 6. The molecule has 0 N–H and O–H groups in total. The number of carbonyl (C=O) groups is 1. The Balaban J connectivity index is 1.50. The van der Waals surface area contributed by atoms with Crippen LogP contribution in [0.1, 0.15) is 47.9 Å². The minimum atomic E-state index is -3.25. The maximum atomic E-state index is 13.1. The van der Waals surface area contributed by atoms with Crippen LogP contribution in [0.5, 0.6) is 0 Å². The zero-order valence-electron chi connectivity index (χ0n) is 15.5. The summed E-state index contributed by atoms with van der Waals surface area (Å²) < 4.78 is 23.8. The molecule has 2 aromatic heterocycles. The van der Waals surface area contributed by atoms with E-state index in [0.29, 0.717) is 12.5 Å². The molecule has 0 radical (unpaired) electrons. The van der Waals surface area contributed by atoms with Crippen LogP contribution in [0.4, 0.5) is 0 Å². The smallest absolute Gasteiger partial charge is 0.230 e. The van der Waals surface area contributed by atoms with E-state index >= 15 is 0 Å². The molecule has 148 valence electrons. The summed E-state index contributed by atoms with van der Waals surface area (Å²) in [5, 5.41) is 4.09. The van der Waals surface area contributed by atoms with Crippen molar-refractivity contribution < 1.29 is 13.2 Å². The zero-order chi connectivity index (χ0) is 19.6. The number of amides is 1. The second-order valence-electron chi connectivity index (χ2n) is 7.43. The lowest BCUT2D eigenvalue weighted by molar-refractivity contribution is -0.132.